The zero-order valence-electron chi connectivity index (χ0n) is 9.16. The molecule has 0 radical (unpaired) electrons. The number of amides is 1. The van der Waals surface area contributed by atoms with Gasteiger partial charge in [0.05, 0.1) is 0 Å². The van der Waals surface area contributed by atoms with Gasteiger partial charge in [0.1, 0.15) is 5.75 Å². The molecule has 0 atom stereocenters. The van der Waals surface area contributed by atoms with E-state index >= 15 is 0 Å². The highest BCUT2D eigenvalue weighted by Gasteiger charge is 2.03. The first kappa shape index (κ1) is 11.6. The number of benzene rings is 1. The molecule has 0 aliphatic carbocycles. The van der Waals surface area contributed by atoms with Gasteiger partial charge < -0.3 is 10.4 Å². The average molecular weight is 207 g/mol. The molecule has 0 bridgehead atoms. The maximum atomic E-state index is 11.3. The van der Waals surface area contributed by atoms with Gasteiger partial charge in [0, 0.05) is 13.0 Å². The van der Waals surface area contributed by atoms with E-state index < -0.39 is 0 Å². The highest BCUT2D eigenvalue weighted by Crippen LogP contribution is 2.09. The summed E-state index contributed by atoms with van der Waals surface area (Å²) in [6.07, 6.45) is 0.554. The third-order valence-electron chi connectivity index (χ3n) is 2.02. The van der Waals surface area contributed by atoms with Gasteiger partial charge in [-0.2, -0.15) is 0 Å². The lowest BCUT2D eigenvalue weighted by Crippen LogP contribution is -2.23. The molecule has 1 amide bonds. The van der Waals surface area contributed by atoms with Gasteiger partial charge in [-0.3, -0.25) is 4.79 Å². The van der Waals surface area contributed by atoms with Gasteiger partial charge in [-0.25, -0.2) is 0 Å². The van der Waals surface area contributed by atoms with Gasteiger partial charge in [-0.15, -0.1) is 0 Å². The van der Waals surface area contributed by atoms with Crippen molar-refractivity contribution in [1.29, 1.82) is 0 Å². The Labute approximate surface area is 90.1 Å². The molecule has 82 valence electrons. The van der Waals surface area contributed by atoms with E-state index in [1.807, 2.05) is 13.8 Å². The third-order valence-corrected chi connectivity index (χ3v) is 2.02. The average Bonchev–Trinajstić information content (AvgIpc) is 2.16. The van der Waals surface area contributed by atoms with E-state index in [0.717, 1.165) is 5.56 Å². The molecular formula is C12H17NO2. The summed E-state index contributed by atoms with van der Waals surface area (Å²) in [5.74, 6) is 0.690. The smallest absolute Gasteiger partial charge is 0.220 e. The van der Waals surface area contributed by atoms with Crippen LogP contribution in [-0.2, 0) is 11.3 Å². The van der Waals surface area contributed by atoms with Crippen LogP contribution in [0.1, 0.15) is 25.8 Å². The molecule has 15 heavy (non-hydrogen) atoms. The molecule has 0 heterocycles. The van der Waals surface area contributed by atoms with Gasteiger partial charge in [-0.05, 0) is 23.6 Å². The predicted octanol–water partition coefficient (Wildman–Crippen LogP) is 2.05. The Bertz CT molecular complexity index is 317. The Morgan fingerprint density at radius 2 is 1.93 bits per heavy atom. The lowest BCUT2D eigenvalue weighted by molar-refractivity contribution is -0.121. The SMILES string of the molecule is CC(C)CC(=O)NCc1ccc(O)cc1. The number of hydrogen-bond donors (Lipinski definition) is 2. The fourth-order valence-electron chi connectivity index (χ4n) is 1.26. The Balaban J connectivity index is 2.37. The van der Waals surface area contributed by atoms with Crippen LogP contribution in [-0.4, -0.2) is 11.0 Å². The second-order valence-corrected chi connectivity index (χ2v) is 4.04. The summed E-state index contributed by atoms with van der Waals surface area (Å²) < 4.78 is 0. The molecular weight excluding hydrogens is 190 g/mol. The summed E-state index contributed by atoms with van der Waals surface area (Å²) in [7, 11) is 0. The number of aromatic hydroxyl groups is 1. The van der Waals surface area contributed by atoms with E-state index in [9.17, 15) is 4.79 Å². The molecule has 0 saturated carbocycles. The van der Waals surface area contributed by atoms with Gasteiger partial charge in [-0.1, -0.05) is 26.0 Å². The summed E-state index contributed by atoms with van der Waals surface area (Å²) in [5, 5.41) is 11.9. The maximum Gasteiger partial charge on any atom is 0.220 e. The van der Waals surface area contributed by atoms with Gasteiger partial charge in [0.25, 0.3) is 0 Å². The van der Waals surface area contributed by atoms with Gasteiger partial charge >= 0.3 is 0 Å². The van der Waals surface area contributed by atoms with Crippen LogP contribution in [0.2, 0.25) is 0 Å². The molecule has 2 N–H and O–H groups in total. The zero-order valence-corrected chi connectivity index (χ0v) is 9.16. The lowest BCUT2D eigenvalue weighted by Gasteiger charge is -2.07. The van der Waals surface area contributed by atoms with Crippen molar-refractivity contribution < 1.29 is 9.90 Å². The molecule has 0 spiro atoms. The molecule has 0 aromatic heterocycles. The number of rotatable bonds is 4. The van der Waals surface area contributed by atoms with Crippen molar-refractivity contribution in [3.8, 4) is 5.75 Å². The van der Waals surface area contributed by atoms with E-state index in [0.29, 0.717) is 18.9 Å². The Hall–Kier alpha value is -1.51. The normalized spacial score (nSPS) is 10.3. The van der Waals surface area contributed by atoms with E-state index in [-0.39, 0.29) is 11.7 Å². The molecule has 0 aliphatic heterocycles. The fraction of sp³-hybridized carbons (Fsp3) is 0.417. The number of hydrogen-bond acceptors (Lipinski definition) is 2. The van der Waals surface area contributed by atoms with Crippen LogP contribution in [0.3, 0.4) is 0 Å². The first-order valence-corrected chi connectivity index (χ1v) is 5.12. The standard InChI is InChI=1S/C12H17NO2/c1-9(2)7-12(15)13-8-10-3-5-11(14)6-4-10/h3-6,9,14H,7-8H2,1-2H3,(H,13,15). The van der Waals surface area contributed by atoms with Crippen molar-refractivity contribution in [2.75, 3.05) is 0 Å². The van der Waals surface area contributed by atoms with Crippen molar-refractivity contribution in [2.45, 2.75) is 26.8 Å². The summed E-state index contributed by atoms with van der Waals surface area (Å²) in [6, 6.07) is 6.82. The minimum atomic E-state index is 0.0677. The Kier molecular flexibility index (Phi) is 4.16. The van der Waals surface area contributed by atoms with Crippen LogP contribution in [0, 0.1) is 5.92 Å². The molecule has 1 aromatic carbocycles. The van der Waals surface area contributed by atoms with Crippen LogP contribution >= 0.6 is 0 Å². The monoisotopic (exact) mass is 207 g/mol. The highest BCUT2D eigenvalue weighted by molar-refractivity contribution is 5.76. The largest absolute Gasteiger partial charge is 0.508 e. The molecule has 1 rings (SSSR count). The van der Waals surface area contributed by atoms with E-state index in [2.05, 4.69) is 5.32 Å². The Morgan fingerprint density at radius 1 is 1.33 bits per heavy atom. The van der Waals surface area contributed by atoms with Crippen LogP contribution in [0.5, 0.6) is 5.75 Å². The molecule has 0 saturated heterocycles. The molecule has 0 fully saturated rings. The van der Waals surface area contributed by atoms with Crippen molar-refractivity contribution in [1.82, 2.24) is 5.32 Å². The van der Waals surface area contributed by atoms with E-state index in [1.165, 1.54) is 0 Å². The topological polar surface area (TPSA) is 49.3 Å². The minimum absolute atomic E-state index is 0.0677. The van der Waals surface area contributed by atoms with Crippen LogP contribution in [0.4, 0.5) is 0 Å². The predicted molar refractivity (Wildman–Crippen MR) is 59.4 cm³/mol. The van der Waals surface area contributed by atoms with Crippen LogP contribution < -0.4 is 5.32 Å². The lowest BCUT2D eigenvalue weighted by atomic mass is 10.1. The molecule has 3 nitrogen and oxygen atoms in total. The molecule has 1 aromatic rings. The minimum Gasteiger partial charge on any atom is -0.508 e. The van der Waals surface area contributed by atoms with Crippen LogP contribution in [0.15, 0.2) is 24.3 Å². The van der Waals surface area contributed by atoms with Crippen molar-refractivity contribution in [3.63, 3.8) is 0 Å². The summed E-state index contributed by atoms with van der Waals surface area (Å²) >= 11 is 0. The number of phenolic OH excluding ortho intramolecular Hbond substituents is 1. The van der Waals surface area contributed by atoms with E-state index in [4.69, 9.17) is 5.11 Å². The highest BCUT2D eigenvalue weighted by atomic mass is 16.3. The third kappa shape index (κ3) is 4.49. The second kappa shape index (κ2) is 5.39. The number of carbonyl (C=O) groups is 1. The number of phenols is 1. The fourth-order valence-corrected chi connectivity index (χ4v) is 1.26. The summed E-state index contributed by atoms with van der Waals surface area (Å²) in [6.45, 7) is 4.55. The zero-order chi connectivity index (χ0) is 11.3. The first-order valence-electron chi connectivity index (χ1n) is 5.12. The quantitative estimate of drug-likeness (QED) is 0.794. The van der Waals surface area contributed by atoms with Crippen molar-refractivity contribution in [2.24, 2.45) is 5.92 Å². The number of nitrogens with one attached hydrogen (secondary N) is 1. The Morgan fingerprint density at radius 3 is 2.47 bits per heavy atom. The summed E-state index contributed by atoms with van der Waals surface area (Å²) in [5.41, 5.74) is 0.991. The molecule has 0 unspecified atom stereocenters. The van der Waals surface area contributed by atoms with Crippen molar-refractivity contribution >= 4 is 5.91 Å². The van der Waals surface area contributed by atoms with Gasteiger partial charge in [0.15, 0.2) is 0 Å². The van der Waals surface area contributed by atoms with Gasteiger partial charge in [0.2, 0.25) is 5.91 Å². The first-order chi connectivity index (χ1) is 7.08. The second-order valence-electron chi connectivity index (χ2n) is 4.04. The molecule has 0 aliphatic rings. The summed E-state index contributed by atoms with van der Waals surface area (Å²) in [4.78, 5) is 11.3. The maximum absolute atomic E-state index is 11.3. The van der Waals surface area contributed by atoms with Crippen molar-refractivity contribution in [3.05, 3.63) is 29.8 Å². The molecule has 3 heteroatoms. The van der Waals surface area contributed by atoms with E-state index in [1.54, 1.807) is 24.3 Å². The van der Waals surface area contributed by atoms with Crippen LogP contribution in [0.25, 0.3) is 0 Å². The number of carbonyl (C=O) groups excluding carboxylic acids is 1.